The van der Waals surface area contributed by atoms with Crippen LogP contribution in [0.3, 0.4) is 0 Å². The number of nitrogens with one attached hydrogen (secondary N) is 1. The minimum Gasteiger partial charge on any atom is -0.344 e. The second kappa shape index (κ2) is 6.73. The summed E-state index contributed by atoms with van der Waals surface area (Å²) < 4.78 is 0.772. The molecule has 0 saturated carbocycles. The maximum Gasteiger partial charge on any atom is 0.252 e. The Kier molecular flexibility index (Phi) is 5.00. The molecule has 0 heterocycles. The molecule has 2 nitrogen and oxygen atoms in total. The van der Waals surface area contributed by atoms with E-state index in [1.165, 1.54) is 0 Å². The van der Waals surface area contributed by atoms with Crippen molar-refractivity contribution < 1.29 is 4.79 Å². The van der Waals surface area contributed by atoms with Crippen molar-refractivity contribution in [1.29, 1.82) is 0 Å². The first-order valence-electron chi connectivity index (χ1n) is 5.88. The third-order valence-electron chi connectivity index (χ3n) is 2.78. The van der Waals surface area contributed by atoms with Crippen molar-refractivity contribution in [1.82, 2.24) is 5.32 Å². The molecular formula is C15H13BrClNO. The van der Waals surface area contributed by atoms with Crippen LogP contribution in [-0.2, 0) is 0 Å². The van der Waals surface area contributed by atoms with E-state index >= 15 is 0 Å². The van der Waals surface area contributed by atoms with Gasteiger partial charge < -0.3 is 5.32 Å². The van der Waals surface area contributed by atoms with E-state index in [1.807, 2.05) is 48.5 Å². The quantitative estimate of drug-likeness (QED) is 0.833. The lowest BCUT2D eigenvalue weighted by molar-refractivity contribution is 0.0939. The highest BCUT2D eigenvalue weighted by Crippen LogP contribution is 2.19. The molecule has 1 amide bonds. The van der Waals surface area contributed by atoms with Gasteiger partial charge >= 0.3 is 0 Å². The summed E-state index contributed by atoms with van der Waals surface area (Å²) >= 11 is 9.32. The van der Waals surface area contributed by atoms with Gasteiger partial charge in [0.05, 0.1) is 11.6 Å². The molecule has 1 N–H and O–H groups in total. The summed E-state index contributed by atoms with van der Waals surface area (Å²) in [6.45, 7) is 0. The molecule has 0 aromatic heterocycles. The number of amides is 1. The fraction of sp³-hybridized carbons (Fsp3) is 0.133. The van der Waals surface area contributed by atoms with E-state index < -0.39 is 0 Å². The lowest BCUT2D eigenvalue weighted by Crippen LogP contribution is -2.29. The molecule has 1 atom stereocenters. The molecule has 0 aliphatic heterocycles. The van der Waals surface area contributed by atoms with Gasteiger partial charge in [0.2, 0.25) is 0 Å². The van der Waals surface area contributed by atoms with E-state index in [4.69, 9.17) is 11.6 Å². The maximum absolute atomic E-state index is 12.2. The van der Waals surface area contributed by atoms with Crippen molar-refractivity contribution in [3.63, 3.8) is 0 Å². The van der Waals surface area contributed by atoms with Gasteiger partial charge in [-0.1, -0.05) is 42.5 Å². The monoisotopic (exact) mass is 337 g/mol. The summed E-state index contributed by atoms with van der Waals surface area (Å²) in [6, 6.07) is 16.8. The molecular weight excluding hydrogens is 326 g/mol. The number of benzene rings is 2. The Balaban J connectivity index is 2.16. The predicted octanol–water partition coefficient (Wildman–Crippen LogP) is 4.16. The zero-order valence-electron chi connectivity index (χ0n) is 10.1. The summed E-state index contributed by atoms with van der Waals surface area (Å²) in [4.78, 5) is 12.2. The van der Waals surface area contributed by atoms with E-state index in [-0.39, 0.29) is 11.9 Å². The predicted molar refractivity (Wildman–Crippen MR) is 81.5 cm³/mol. The number of alkyl halides is 1. The van der Waals surface area contributed by atoms with Crippen LogP contribution in [-0.4, -0.2) is 11.8 Å². The topological polar surface area (TPSA) is 29.1 Å². The van der Waals surface area contributed by atoms with Gasteiger partial charge in [-0.2, -0.15) is 0 Å². The number of carbonyl (C=O) groups is 1. The molecule has 0 bridgehead atoms. The molecule has 0 saturated heterocycles. The van der Waals surface area contributed by atoms with Gasteiger partial charge in [-0.15, -0.1) is 11.6 Å². The van der Waals surface area contributed by atoms with Crippen LogP contribution < -0.4 is 5.32 Å². The first kappa shape index (κ1) is 14.1. The van der Waals surface area contributed by atoms with Crippen LogP contribution in [0, 0.1) is 0 Å². The zero-order valence-corrected chi connectivity index (χ0v) is 12.5. The lowest BCUT2D eigenvalue weighted by atomic mass is 10.1. The number of hydrogen-bond acceptors (Lipinski definition) is 1. The van der Waals surface area contributed by atoms with Crippen LogP contribution in [0.4, 0.5) is 0 Å². The second-order valence-electron chi connectivity index (χ2n) is 4.07. The van der Waals surface area contributed by atoms with Gasteiger partial charge in [0.15, 0.2) is 0 Å². The van der Waals surface area contributed by atoms with Crippen molar-refractivity contribution in [3.05, 3.63) is 70.2 Å². The summed E-state index contributed by atoms with van der Waals surface area (Å²) in [7, 11) is 0. The van der Waals surface area contributed by atoms with E-state index in [0.29, 0.717) is 11.4 Å². The number of carbonyl (C=O) groups excluding carboxylic acids is 1. The van der Waals surface area contributed by atoms with Crippen molar-refractivity contribution in [2.24, 2.45) is 0 Å². The van der Waals surface area contributed by atoms with E-state index in [1.54, 1.807) is 6.07 Å². The second-order valence-corrected chi connectivity index (χ2v) is 5.23. The van der Waals surface area contributed by atoms with Gasteiger partial charge in [0, 0.05) is 10.4 Å². The smallest absolute Gasteiger partial charge is 0.252 e. The molecule has 2 aromatic carbocycles. The van der Waals surface area contributed by atoms with E-state index in [9.17, 15) is 4.79 Å². The average Bonchev–Trinajstić information content (AvgIpc) is 2.46. The number of rotatable bonds is 4. The summed E-state index contributed by atoms with van der Waals surface area (Å²) in [5.74, 6) is 0.196. The van der Waals surface area contributed by atoms with Crippen LogP contribution in [0.2, 0.25) is 0 Å². The molecule has 0 aliphatic rings. The van der Waals surface area contributed by atoms with Gasteiger partial charge in [-0.05, 0) is 33.6 Å². The Morgan fingerprint density at radius 2 is 1.74 bits per heavy atom. The fourth-order valence-corrected chi connectivity index (χ4v) is 2.50. The summed E-state index contributed by atoms with van der Waals surface area (Å²) in [6.07, 6.45) is 0. The Morgan fingerprint density at radius 3 is 2.37 bits per heavy atom. The van der Waals surface area contributed by atoms with Crippen LogP contribution in [0.15, 0.2) is 59.1 Å². The molecule has 2 rings (SSSR count). The van der Waals surface area contributed by atoms with Crippen LogP contribution in [0.25, 0.3) is 0 Å². The average molecular weight is 339 g/mol. The number of halogens is 2. The van der Waals surface area contributed by atoms with Crippen molar-refractivity contribution >= 4 is 33.4 Å². The van der Waals surface area contributed by atoms with Gasteiger partial charge in [0.1, 0.15) is 0 Å². The Bertz CT molecular complexity index is 559. The molecule has 2 aromatic rings. The molecule has 0 radical (unpaired) electrons. The van der Waals surface area contributed by atoms with Crippen LogP contribution in [0.1, 0.15) is 22.0 Å². The molecule has 0 spiro atoms. The minimum atomic E-state index is -0.192. The van der Waals surface area contributed by atoms with Crippen molar-refractivity contribution in [3.8, 4) is 0 Å². The first-order chi connectivity index (χ1) is 9.22. The fourth-order valence-electron chi connectivity index (χ4n) is 1.78. The van der Waals surface area contributed by atoms with Crippen molar-refractivity contribution in [2.75, 3.05) is 5.88 Å². The van der Waals surface area contributed by atoms with Crippen LogP contribution >= 0.6 is 27.5 Å². The van der Waals surface area contributed by atoms with Gasteiger partial charge in [-0.25, -0.2) is 0 Å². The van der Waals surface area contributed by atoms with Gasteiger partial charge in [0.25, 0.3) is 5.91 Å². The van der Waals surface area contributed by atoms with E-state index in [2.05, 4.69) is 21.2 Å². The van der Waals surface area contributed by atoms with Gasteiger partial charge in [-0.3, -0.25) is 4.79 Å². The highest BCUT2D eigenvalue weighted by molar-refractivity contribution is 9.10. The maximum atomic E-state index is 12.2. The molecule has 0 aliphatic carbocycles. The highest BCUT2D eigenvalue weighted by atomic mass is 79.9. The third-order valence-corrected chi connectivity index (χ3v) is 3.78. The SMILES string of the molecule is O=C(N[C@@H](CCl)c1ccccc1)c1ccccc1Br. The summed E-state index contributed by atoms with van der Waals surface area (Å²) in [5, 5.41) is 2.94. The Morgan fingerprint density at radius 1 is 1.11 bits per heavy atom. The minimum absolute atomic E-state index is 0.137. The highest BCUT2D eigenvalue weighted by Gasteiger charge is 2.16. The molecule has 0 unspecified atom stereocenters. The molecule has 19 heavy (non-hydrogen) atoms. The molecule has 0 fully saturated rings. The first-order valence-corrected chi connectivity index (χ1v) is 7.21. The Labute approximate surface area is 125 Å². The van der Waals surface area contributed by atoms with E-state index in [0.717, 1.165) is 10.0 Å². The lowest BCUT2D eigenvalue weighted by Gasteiger charge is -2.17. The van der Waals surface area contributed by atoms with Crippen LogP contribution in [0.5, 0.6) is 0 Å². The normalized spacial score (nSPS) is 11.9. The summed E-state index contributed by atoms with van der Waals surface area (Å²) in [5.41, 5.74) is 1.60. The Hall–Kier alpha value is -1.32. The molecule has 98 valence electrons. The third kappa shape index (κ3) is 3.58. The number of hydrogen-bond donors (Lipinski definition) is 1. The molecule has 4 heteroatoms. The zero-order chi connectivity index (χ0) is 13.7. The van der Waals surface area contributed by atoms with Crippen molar-refractivity contribution in [2.45, 2.75) is 6.04 Å². The largest absolute Gasteiger partial charge is 0.344 e. The standard InChI is InChI=1S/C15H13BrClNO/c16-13-9-5-4-8-12(13)15(19)18-14(10-17)11-6-2-1-3-7-11/h1-9,14H,10H2,(H,18,19)/t14-/m0/s1.